The Labute approximate surface area is 127 Å². The van der Waals surface area contributed by atoms with E-state index in [1.54, 1.807) is 42.2 Å². The van der Waals surface area contributed by atoms with E-state index in [1.807, 2.05) is 0 Å². The monoisotopic (exact) mass is 307 g/mol. The highest BCUT2D eigenvalue weighted by Gasteiger charge is 2.36. The molecule has 0 bridgehead atoms. The highest BCUT2D eigenvalue weighted by atomic mass is 19.1. The lowest BCUT2D eigenvalue weighted by atomic mass is 10.2. The number of aromatic amines is 1. The molecule has 118 valence electrons. The average Bonchev–Trinajstić information content (AvgIpc) is 3.19. The Morgan fingerprint density at radius 1 is 1.59 bits per heavy atom. The second kappa shape index (κ2) is 5.78. The summed E-state index contributed by atoms with van der Waals surface area (Å²) in [5, 5.41) is 7.73. The summed E-state index contributed by atoms with van der Waals surface area (Å²) in [5.74, 6) is 0.332. The number of nitrogens with one attached hydrogen (secondary N) is 1. The van der Waals surface area contributed by atoms with Crippen LogP contribution in [0.15, 0.2) is 22.9 Å². The molecule has 0 unspecified atom stereocenters. The third kappa shape index (κ3) is 2.81. The standard InChI is InChI=1S/C14H18FN5O2/c1-9-17-18-14(22-9)20-7-11(15)5-12(20)8-19(2)13(21)10-3-4-16-6-10/h3-4,6,11-12,16H,5,7-8H2,1-2H3/t11-,12-/m0/s1. The van der Waals surface area contributed by atoms with Gasteiger partial charge in [0.1, 0.15) is 6.17 Å². The number of carbonyl (C=O) groups excluding carboxylic acids is 1. The Morgan fingerprint density at radius 3 is 3.05 bits per heavy atom. The first kappa shape index (κ1) is 14.6. The summed E-state index contributed by atoms with van der Waals surface area (Å²) < 4.78 is 19.2. The summed E-state index contributed by atoms with van der Waals surface area (Å²) in [5.41, 5.74) is 0.581. The Kier molecular flexibility index (Phi) is 3.82. The van der Waals surface area contributed by atoms with Gasteiger partial charge in [-0.05, 0) is 6.07 Å². The SMILES string of the molecule is Cc1nnc(N2C[C@@H](F)C[C@H]2CN(C)C(=O)c2cc[nH]c2)o1. The maximum absolute atomic E-state index is 13.8. The minimum atomic E-state index is -0.965. The largest absolute Gasteiger partial charge is 0.408 e. The Balaban J connectivity index is 1.71. The molecule has 1 saturated heterocycles. The van der Waals surface area contributed by atoms with Gasteiger partial charge in [0.15, 0.2) is 0 Å². The van der Waals surface area contributed by atoms with Gasteiger partial charge in [0.05, 0.1) is 18.2 Å². The maximum atomic E-state index is 13.8. The van der Waals surface area contributed by atoms with Crippen LogP contribution >= 0.6 is 0 Å². The highest BCUT2D eigenvalue weighted by Crippen LogP contribution is 2.27. The molecule has 1 fully saturated rings. The number of rotatable bonds is 4. The van der Waals surface area contributed by atoms with Gasteiger partial charge in [-0.15, -0.1) is 5.10 Å². The van der Waals surface area contributed by atoms with Crippen molar-refractivity contribution in [2.75, 3.05) is 25.0 Å². The van der Waals surface area contributed by atoms with Gasteiger partial charge < -0.3 is 19.2 Å². The average molecular weight is 307 g/mol. The second-order valence-corrected chi connectivity index (χ2v) is 5.53. The number of amides is 1. The third-order valence-corrected chi connectivity index (χ3v) is 3.80. The normalized spacial score (nSPS) is 21.3. The quantitative estimate of drug-likeness (QED) is 0.923. The van der Waals surface area contributed by atoms with E-state index < -0.39 is 6.17 Å². The van der Waals surface area contributed by atoms with Crippen LogP contribution in [0.4, 0.5) is 10.4 Å². The number of alkyl halides is 1. The van der Waals surface area contributed by atoms with Crippen molar-refractivity contribution in [2.24, 2.45) is 0 Å². The first-order chi connectivity index (χ1) is 10.5. The number of aromatic nitrogens is 3. The van der Waals surface area contributed by atoms with E-state index in [0.717, 1.165) is 0 Å². The number of halogens is 1. The van der Waals surface area contributed by atoms with Crippen LogP contribution in [0, 0.1) is 6.92 Å². The molecule has 0 saturated carbocycles. The van der Waals surface area contributed by atoms with Crippen LogP contribution in [0.5, 0.6) is 0 Å². The number of anilines is 1. The molecule has 7 nitrogen and oxygen atoms in total. The second-order valence-electron chi connectivity index (χ2n) is 5.53. The molecular formula is C14H18FN5O2. The van der Waals surface area contributed by atoms with Gasteiger partial charge in [0, 0.05) is 39.3 Å². The summed E-state index contributed by atoms with van der Waals surface area (Å²) >= 11 is 0. The summed E-state index contributed by atoms with van der Waals surface area (Å²) in [4.78, 5) is 18.4. The molecule has 0 spiro atoms. The third-order valence-electron chi connectivity index (χ3n) is 3.80. The number of hydrogen-bond donors (Lipinski definition) is 1. The van der Waals surface area contributed by atoms with Crippen molar-refractivity contribution >= 4 is 11.9 Å². The van der Waals surface area contributed by atoms with Gasteiger partial charge in [-0.25, -0.2) is 4.39 Å². The highest BCUT2D eigenvalue weighted by molar-refractivity contribution is 5.93. The summed E-state index contributed by atoms with van der Waals surface area (Å²) in [7, 11) is 1.71. The molecule has 1 aliphatic heterocycles. The number of aryl methyl sites for hydroxylation is 1. The number of carbonyl (C=O) groups is 1. The Bertz CT molecular complexity index is 641. The first-order valence-electron chi connectivity index (χ1n) is 7.13. The molecule has 2 aromatic rings. The molecule has 1 aliphatic rings. The first-order valence-corrected chi connectivity index (χ1v) is 7.13. The van der Waals surface area contributed by atoms with Crippen molar-refractivity contribution in [3.8, 4) is 0 Å². The van der Waals surface area contributed by atoms with Crippen molar-refractivity contribution in [1.82, 2.24) is 20.1 Å². The molecule has 3 heterocycles. The predicted molar refractivity (Wildman–Crippen MR) is 77.4 cm³/mol. The lowest BCUT2D eigenvalue weighted by Crippen LogP contribution is -2.41. The maximum Gasteiger partial charge on any atom is 0.318 e. The van der Waals surface area contributed by atoms with Crippen molar-refractivity contribution < 1.29 is 13.6 Å². The molecule has 0 radical (unpaired) electrons. The fourth-order valence-corrected chi connectivity index (χ4v) is 2.75. The Hall–Kier alpha value is -2.38. The van der Waals surface area contributed by atoms with E-state index in [1.165, 1.54) is 0 Å². The Morgan fingerprint density at radius 2 is 2.41 bits per heavy atom. The number of hydrogen-bond acceptors (Lipinski definition) is 5. The lowest BCUT2D eigenvalue weighted by Gasteiger charge is -2.26. The van der Waals surface area contributed by atoms with Crippen LogP contribution in [0.1, 0.15) is 22.7 Å². The molecule has 8 heteroatoms. The van der Waals surface area contributed by atoms with E-state index in [-0.39, 0.29) is 18.5 Å². The van der Waals surface area contributed by atoms with Crippen LogP contribution in [0.2, 0.25) is 0 Å². The number of likely N-dealkylation sites (N-methyl/N-ethyl adjacent to an activating group) is 1. The molecule has 1 N–H and O–H groups in total. The van der Waals surface area contributed by atoms with Gasteiger partial charge in [0.25, 0.3) is 5.91 Å². The van der Waals surface area contributed by atoms with Gasteiger partial charge >= 0.3 is 6.01 Å². The predicted octanol–water partition coefficient (Wildman–Crippen LogP) is 1.40. The smallest absolute Gasteiger partial charge is 0.318 e. The molecule has 0 aliphatic carbocycles. The van der Waals surface area contributed by atoms with Gasteiger partial charge in [-0.1, -0.05) is 5.10 Å². The van der Waals surface area contributed by atoms with Crippen LogP contribution < -0.4 is 4.90 Å². The van der Waals surface area contributed by atoms with E-state index in [0.29, 0.717) is 30.4 Å². The molecule has 2 aromatic heterocycles. The van der Waals surface area contributed by atoms with Crippen LogP contribution in [0.25, 0.3) is 0 Å². The van der Waals surface area contributed by atoms with Gasteiger partial charge in [0.2, 0.25) is 5.89 Å². The van der Waals surface area contributed by atoms with E-state index >= 15 is 0 Å². The molecule has 3 rings (SSSR count). The zero-order valence-corrected chi connectivity index (χ0v) is 12.5. The molecule has 22 heavy (non-hydrogen) atoms. The summed E-state index contributed by atoms with van der Waals surface area (Å²) in [6.45, 7) is 2.29. The topological polar surface area (TPSA) is 78.3 Å². The van der Waals surface area contributed by atoms with Gasteiger partial charge in [-0.3, -0.25) is 4.79 Å². The van der Waals surface area contributed by atoms with Crippen molar-refractivity contribution in [2.45, 2.75) is 25.6 Å². The van der Waals surface area contributed by atoms with Crippen molar-refractivity contribution in [3.63, 3.8) is 0 Å². The van der Waals surface area contributed by atoms with Crippen molar-refractivity contribution in [1.29, 1.82) is 0 Å². The molecule has 1 amide bonds. The fraction of sp³-hybridized carbons (Fsp3) is 0.500. The van der Waals surface area contributed by atoms with Crippen LogP contribution in [-0.2, 0) is 0 Å². The van der Waals surface area contributed by atoms with Crippen molar-refractivity contribution in [3.05, 3.63) is 29.9 Å². The minimum absolute atomic E-state index is 0.106. The number of nitrogens with zero attached hydrogens (tertiary/aromatic N) is 4. The van der Waals surface area contributed by atoms with Crippen LogP contribution in [-0.4, -0.2) is 58.3 Å². The molecule has 2 atom stereocenters. The lowest BCUT2D eigenvalue weighted by molar-refractivity contribution is 0.0785. The van der Waals surface area contributed by atoms with E-state index in [2.05, 4.69) is 15.2 Å². The molecular weight excluding hydrogens is 289 g/mol. The molecule has 0 aromatic carbocycles. The van der Waals surface area contributed by atoms with Crippen LogP contribution in [0.3, 0.4) is 0 Å². The summed E-state index contributed by atoms with van der Waals surface area (Å²) in [6.07, 6.45) is 2.71. The zero-order chi connectivity index (χ0) is 15.7. The minimum Gasteiger partial charge on any atom is -0.408 e. The van der Waals surface area contributed by atoms with Gasteiger partial charge in [-0.2, -0.15) is 0 Å². The summed E-state index contributed by atoms with van der Waals surface area (Å²) in [6, 6.07) is 1.85. The zero-order valence-electron chi connectivity index (χ0n) is 12.5. The number of H-pyrrole nitrogens is 1. The van der Waals surface area contributed by atoms with E-state index in [4.69, 9.17) is 4.42 Å². The van der Waals surface area contributed by atoms with E-state index in [9.17, 15) is 9.18 Å². The fourth-order valence-electron chi connectivity index (χ4n) is 2.75.